The van der Waals surface area contributed by atoms with Crippen molar-refractivity contribution >= 4 is 11.8 Å². The van der Waals surface area contributed by atoms with Gasteiger partial charge in [0.15, 0.2) is 0 Å². The molecule has 6 heteroatoms. The van der Waals surface area contributed by atoms with Crippen molar-refractivity contribution in [2.75, 3.05) is 37.7 Å². The zero-order valence-corrected chi connectivity index (χ0v) is 13.3. The molecule has 1 aliphatic rings. The number of ether oxygens (including phenoxy) is 1. The number of nitrogens with zero attached hydrogens (tertiary/aromatic N) is 3. The van der Waals surface area contributed by atoms with Gasteiger partial charge in [-0.05, 0) is 31.2 Å². The quantitative estimate of drug-likeness (QED) is 0.788. The van der Waals surface area contributed by atoms with Crippen LogP contribution >= 0.6 is 0 Å². The van der Waals surface area contributed by atoms with Gasteiger partial charge >= 0.3 is 5.97 Å². The first-order valence-corrected chi connectivity index (χ1v) is 7.89. The molecular weight excluding hydrogens is 294 g/mol. The number of hydrogen-bond acceptors (Lipinski definition) is 6. The van der Waals surface area contributed by atoms with Crippen molar-refractivity contribution < 1.29 is 13.9 Å². The minimum Gasteiger partial charge on any atom is -0.468 e. The van der Waals surface area contributed by atoms with E-state index in [4.69, 9.17) is 9.15 Å². The molecule has 0 amide bonds. The fraction of sp³-hybridized carbons (Fsp3) is 0.412. The summed E-state index contributed by atoms with van der Waals surface area (Å²) in [5.74, 6) is 1.38. The fourth-order valence-electron chi connectivity index (χ4n) is 2.76. The van der Waals surface area contributed by atoms with E-state index >= 15 is 0 Å². The molecule has 0 aromatic carbocycles. The lowest BCUT2D eigenvalue weighted by molar-refractivity contribution is 0.0526. The summed E-state index contributed by atoms with van der Waals surface area (Å²) in [4.78, 5) is 20.9. The maximum absolute atomic E-state index is 12.1. The average molecular weight is 315 g/mol. The Morgan fingerprint density at radius 1 is 1.26 bits per heavy atom. The van der Waals surface area contributed by atoms with E-state index in [1.54, 1.807) is 31.5 Å². The molecule has 0 radical (unpaired) electrons. The van der Waals surface area contributed by atoms with Gasteiger partial charge in [-0.25, -0.2) is 9.78 Å². The van der Waals surface area contributed by atoms with Crippen molar-refractivity contribution in [1.29, 1.82) is 0 Å². The van der Waals surface area contributed by atoms with Crippen molar-refractivity contribution in [3.05, 3.63) is 48.0 Å². The Morgan fingerprint density at radius 3 is 2.78 bits per heavy atom. The van der Waals surface area contributed by atoms with Crippen LogP contribution in [0, 0.1) is 0 Å². The number of aromatic nitrogens is 1. The molecule has 1 aliphatic heterocycles. The molecule has 0 unspecified atom stereocenters. The molecule has 23 heavy (non-hydrogen) atoms. The van der Waals surface area contributed by atoms with E-state index in [0.29, 0.717) is 18.0 Å². The third-order valence-corrected chi connectivity index (χ3v) is 3.91. The molecule has 0 saturated carbocycles. The smallest absolute Gasteiger partial charge is 0.341 e. The third kappa shape index (κ3) is 3.71. The van der Waals surface area contributed by atoms with Crippen molar-refractivity contribution in [2.24, 2.45) is 0 Å². The molecule has 1 fully saturated rings. The molecule has 6 nitrogen and oxygen atoms in total. The van der Waals surface area contributed by atoms with Crippen LogP contribution in [0.25, 0.3) is 0 Å². The summed E-state index contributed by atoms with van der Waals surface area (Å²) in [6, 6.07) is 7.44. The Kier molecular flexibility index (Phi) is 4.92. The minimum absolute atomic E-state index is 0.311. The summed E-state index contributed by atoms with van der Waals surface area (Å²) in [6.45, 7) is 6.44. The van der Waals surface area contributed by atoms with Crippen LogP contribution in [0.1, 0.15) is 23.0 Å². The maximum Gasteiger partial charge on any atom is 0.341 e. The predicted octanol–water partition coefficient (Wildman–Crippen LogP) is 2.17. The number of furan rings is 1. The second-order valence-electron chi connectivity index (χ2n) is 5.44. The molecule has 2 aromatic heterocycles. The number of anilines is 1. The van der Waals surface area contributed by atoms with Crippen LogP contribution in [0.4, 0.5) is 5.82 Å². The monoisotopic (exact) mass is 315 g/mol. The van der Waals surface area contributed by atoms with E-state index in [1.165, 1.54) is 0 Å². The Balaban J connectivity index is 1.64. The molecule has 0 bridgehead atoms. The number of piperazine rings is 1. The molecule has 0 aliphatic carbocycles. The van der Waals surface area contributed by atoms with Crippen LogP contribution in [0.15, 0.2) is 41.1 Å². The lowest BCUT2D eigenvalue weighted by atomic mass is 10.2. The molecule has 2 aromatic rings. The van der Waals surface area contributed by atoms with E-state index in [2.05, 4.69) is 14.8 Å². The van der Waals surface area contributed by atoms with Crippen LogP contribution in [-0.2, 0) is 11.3 Å². The molecule has 3 rings (SSSR count). The van der Waals surface area contributed by atoms with Gasteiger partial charge < -0.3 is 14.1 Å². The first-order valence-electron chi connectivity index (χ1n) is 7.89. The zero-order chi connectivity index (χ0) is 16.1. The molecule has 122 valence electrons. The Hall–Kier alpha value is -2.34. The molecule has 1 saturated heterocycles. The van der Waals surface area contributed by atoms with Gasteiger partial charge in [0.2, 0.25) is 0 Å². The summed E-state index contributed by atoms with van der Waals surface area (Å²) < 4.78 is 10.5. The fourth-order valence-corrected chi connectivity index (χ4v) is 2.76. The Bertz CT molecular complexity index is 634. The summed E-state index contributed by atoms with van der Waals surface area (Å²) in [6.07, 6.45) is 3.42. The van der Waals surface area contributed by atoms with Crippen molar-refractivity contribution in [2.45, 2.75) is 13.5 Å². The van der Waals surface area contributed by atoms with Crippen LogP contribution in [0.2, 0.25) is 0 Å². The highest BCUT2D eigenvalue weighted by Gasteiger charge is 2.23. The van der Waals surface area contributed by atoms with Gasteiger partial charge in [0.1, 0.15) is 17.1 Å². The van der Waals surface area contributed by atoms with Gasteiger partial charge in [0.05, 0.1) is 19.4 Å². The van der Waals surface area contributed by atoms with Crippen LogP contribution in [0.5, 0.6) is 0 Å². The van der Waals surface area contributed by atoms with Gasteiger partial charge in [-0.2, -0.15) is 0 Å². The lowest BCUT2D eigenvalue weighted by Crippen LogP contribution is -2.46. The van der Waals surface area contributed by atoms with E-state index < -0.39 is 0 Å². The van der Waals surface area contributed by atoms with Crippen molar-refractivity contribution in [1.82, 2.24) is 9.88 Å². The highest BCUT2D eigenvalue weighted by atomic mass is 16.5. The van der Waals surface area contributed by atoms with Crippen LogP contribution < -0.4 is 4.90 Å². The van der Waals surface area contributed by atoms with E-state index in [9.17, 15) is 4.79 Å². The van der Waals surface area contributed by atoms with Crippen molar-refractivity contribution in [3.8, 4) is 0 Å². The number of rotatable bonds is 5. The summed E-state index contributed by atoms with van der Waals surface area (Å²) in [5.41, 5.74) is 0.536. The topological polar surface area (TPSA) is 58.8 Å². The maximum atomic E-state index is 12.1. The standard InChI is InChI=1S/C17H21N3O3/c1-2-22-17(21)15-6-3-7-18-16(15)20-10-8-19(9-11-20)13-14-5-4-12-23-14/h3-7,12H,2,8-11,13H2,1H3. The summed E-state index contributed by atoms with van der Waals surface area (Å²) in [7, 11) is 0. The second-order valence-corrected chi connectivity index (χ2v) is 5.44. The third-order valence-electron chi connectivity index (χ3n) is 3.91. The SMILES string of the molecule is CCOC(=O)c1cccnc1N1CCN(Cc2ccco2)CC1. The first kappa shape index (κ1) is 15.6. The van der Waals surface area contributed by atoms with Crippen LogP contribution in [0.3, 0.4) is 0 Å². The Labute approximate surface area is 135 Å². The number of esters is 1. The summed E-state index contributed by atoms with van der Waals surface area (Å²) >= 11 is 0. The van der Waals surface area contributed by atoms with Gasteiger partial charge in [0.25, 0.3) is 0 Å². The molecule has 0 atom stereocenters. The number of hydrogen-bond donors (Lipinski definition) is 0. The largest absolute Gasteiger partial charge is 0.468 e. The predicted molar refractivity (Wildman–Crippen MR) is 86.4 cm³/mol. The average Bonchev–Trinajstić information content (AvgIpc) is 3.09. The van der Waals surface area contributed by atoms with Gasteiger partial charge in [-0.3, -0.25) is 4.90 Å². The summed E-state index contributed by atoms with van der Waals surface area (Å²) in [5, 5.41) is 0. The molecule has 3 heterocycles. The van der Waals surface area contributed by atoms with Gasteiger partial charge in [0, 0.05) is 32.4 Å². The van der Waals surface area contributed by atoms with E-state index in [1.807, 2.05) is 12.1 Å². The lowest BCUT2D eigenvalue weighted by Gasteiger charge is -2.35. The molecule has 0 spiro atoms. The minimum atomic E-state index is -0.311. The van der Waals surface area contributed by atoms with Crippen molar-refractivity contribution in [3.63, 3.8) is 0 Å². The molecular formula is C17H21N3O3. The second kappa shape index (κ2) is 7.28. The molecule has 0 N–H and O–H groups in total. The number of carbonyl (C=O) groups excluding carboxylic acids is 1. The van der Waals surface area contributed by atoms with Gasteiger partial charge in [-0.1, -0.05) is 0 Å². The van der Waals surface area contributed by atoms with E-state index in [0.717, 1.165) is 38.5 Å². The normalized spacial score (nSPS) is 15.6. The number of carbonyl (C=O) groups is 1. The first-order chi connectivity index (χ1) is 11.3. The number of pyridine rings is 1. The Morgan fingerprint density at radius 2 is 2.09 bits per heavy atom. The highest BCUT2D eigenvalue weighted by molar-refractivity contribution is 5.94. The zero-order valence-electron chi connectivity index (χ0n) is 13.3. The highest BCUT2D eigenvalue weighted by Crippen LogP contribution is 2.20. The van der Waals surface area contributed by atoms with E-state index in [-0.39, 0.29) is 5.97 Å². The van der Waals surface area contributed by atoms with Crippen LogP contribution in [-0.4, -0.2) is 48.6 Å². The van der Waals surface area contributed by atoms with Gasteiger partial charge in [-0.15, -0.1) is 0 Å².